The molecule has 3 heterocycles. The van der Waals surface area contributed by atoms with E-state index in [4.69, 9.17) is 9.47 Å². The number of hydrogen-bond donors (Lipinski definition) is 0. The molecule has 0 radical (unpaired) electrons. The van der Waals surface area contributed by atoms with Gasteiger partial charge in [0.1, 0.15) is 11.3 Å². The number of carbonyl (C=O) groups is 1. The Kier molecular flexibility index (Phi) is 7.50. The molecule has 0 aliphatic carbocycles. The normalized spacial score (nSPS) is 19.5. The van der Waals surface area contributed by atoms with Crippen LogP contribution in [0.4, 0.5) is 0 Å². The first-order valence-electron chi connectivity index (χ1n) is 11.9. The number of benzene rings is 1. The van der Waals surface area contributed by atoms with Crippen molar-refractivity contribution in [1.29, 1.82) is 0 Å². The molecule has 33 heavy (non-hydrogen) atoms. The Hall–Kier alpha value is -2.64. The number of methoxy groups -OCH3 is 1. The highest BCUT2D eigenvalue weighted by atomic mass is 16.5. The summed E-state index contributed by atoms with van der Waals surface area (Å²) in [6.45, 7) is 7.51. The number of esters is 1. The number of hydrogen-bond acceptors (Lipinski definition) is 6. The number of piperidine rings is 1. The minimum atomic E-state index is -0.443. The third-order valence-corrected chi connectivity index (χ3v) is 6.76. The molecular weight excluding hydrogens is 418 g/mol. The third kappa shape index (κ3) is 5.65. The molecule has 1 unspecified atom stereocenters. The van der Waals surface area contributed by atoms with Crippen molar-refractivity contribution in [1.82, 2.24) is 14.4 Å². The number of likely N-dealkylation sites (tertiary alicyclic amines) is 1. The topological polar surface area (TPSA) is 64.0 Å². The van der Waals surface area contributed by atoms with Crippen LogP contribution < -0.4 is 10.3 Å². The molecule has 0 N–H and O–H groups in total. The second kappa shape index (κ2) is 10.5. The zero-order valence-electron chi connectivity index (χ0n) is 20.0. The molecule has 0 spiro atoms. The molecule has 0 saturated carbocycles. The molecule has 7 heteroatoms. The lowest BCUT2D eigenvalue weighted by atomic mass is 9.99. The summed E-state index contributed by atoms with van der Waals surface area (Å²) in [7, 11) is 3.49. The van der Waals surface area contributed by atoms with Crippen LogP contribution in [0.25, 0.3) is 0 Å². The van der Waals surface area contributed by atoms with Gasteiger partial charge in [0.15, 0.2) is 0 Å². The van der Waals surface area contributed by atoms with Crippen molar-refractivity contribution >= 4 is 5.97 Å². The van der Waals surface area contributed by atoms with Gasteiger partial charge < -0.3 is 18.9 Å². The summed E-state index contributed by atoms with van der Waals surface area (Å²) >= 11 is 0. The molecule has 4 rings (SSSR count). The summed E-state index contributed by atoms with van der Waals surface area (Å²) in [6.07, 6.45) is 2.82. The van der Waals surface area contributed by atoms with Crippen molar-refractivity contribution in [2.45, 2.75) is 39.3 Å². The van der Waals surface area contributed by atoms with Crippen molar-refractivity contribution in [3.05, 3.63) is 63.1 Å². The van der Waals surface area contributed by atoms with Gasteiger partial charge in [-0.2, -0.15) is 0 Å². The minimum Gasteiger partial charge on any atom is -0.492 e. The molecule has 178 valence electrons. The van der Waals surface area contributed by atoms with Crippen molar-refractivity contribution < 1.29 is 14.3 Å². The van der Waals surface area contributed by atoms with Crippen LogP contribution in [0.1, 0.15) is 40.0 Å². The maximum atomic E-state index is 13.0. The summed E-state index contributed by atoms with van der Waals surface area (Å²) < 4.78 is 13.0. The van der Waals surface area contributed by atoms with Gasteiger partial charge in [0, 0.05) is 56.8 Å². The van der Waals surface area contributed by atoms with E-state index in [1.165, 1.54) is 24.3 Å². The molecule has 1 aromatic carbocycles. The van der Waals surface area contributed by atoms with E-state index in [2.05, 4.69) is 48.0 Å². The molecule has 2 aliphatic heterocycles. The van der Waals surface area contributed by atoms with E-state index in [1.807, 2.05) is 0 Å². The van der Waals surface area contributed by atoms with Crippen LogP contribution in [-0.4, -0.2) is 67.3 Å². The molecular formula is C26H35N3O4. The number of aromatic nitrogens is 1. The zero-order valence-corrected chi connectivity index (χ0v) is 20.0. The molecule has 1 atom stereocenters. The Labute approximate surface area is 195 Å². The highest BCUT2D eigenvalue weighted by Crippen LogP contribution is 2.26. The lowest BCUT2D eigenvalue weighted by Gasteiger charge is -2.29. The fraction of sp³-hybridized carbons (Fsp3) is 0.538. The second-order valence-corrected chi connectivity index (χ2v) is 9.41. The van der Waals surface area contributed by atoms with Crippen molar-refractivity contribution in [2.75, 3.05) is 46.9 Å². The summed E-state index contributed by atoms with van der Waals surface area (Å²) in [5, 5.41) is 0. The number of pyridine rings is 1. The van der Waals surface area contributed by atoms with Gasteiger partial charge >= 0.3 is 5.97 Å². The van der Waals surface area contributed by atoms with E-state index >= 15 is 0 Å². The summed E-state index contributed by atoms with van der Waals surface area (Å²) in [5.41, 5.74) is 3.49. The number of aryl methyl sites for hydroxylation is 1. The number of fused-ring (bicyclic) bond motifs is 1. The maximum Gasteiger partial charge on any atom is 0.343 e. The molecule has 2 aliphatic rings. The predicted octanol–water partition coefficient (Wildman–Crippen LogP) is 2.72. The molecule has 7 nitrogen and oxygen atoms in total. The molecule has 2 aromatic rings. The van der Waals surface area contributed by atoms with Crippen molar-refractivity contribution in [2.24, 2.45) is 5.92 Å². The second-order valence-electron chi connectivity index (χ2n) is 9.41. The zero-order chi connectivity index (χ0) is 23.4. The quantitative estimate of drug-likeness (QED) is 0.627. The van der Waals surface area contributed by atoms with Crippen molar-refractivity contribution in [3.8, 4) is 5.75 Å². The van der Waals surface area contributed by atoms with Gasteiger partial charge in [-0.05, 0) is 38.9 Å². The molecule has 0 bridgehead atoms. The Bertz CT molecular complexity index is 1050. The first-order valence-corrected chi connectivity index (χ1v) is 11.9. The summed E-state index contributed by atoms with van der Waals surface area (Å²) in [5.74, 6) is 0.306. The highest BCUT2D eigenvalue weighted by molar-refractivity contribution is 5.93. The van der Waals surface area contributed by atoms with E-state index in [0.717, 1.165) is 51.3 Å². The lowest BCUT2D eigenvalue weighted by Crippen LogP contribution is -2.35. The third-order valence-electron chi connectivity index (χ3n) is 6.76. The van der Waals surface area contributed by atoms with E-state index < -0.39 is 5.97 Å². The van der Waals surface area contributed by atoms with Gasteiger partial charge in [0.25, 0.3) is 5.56 Å². The van der Waals surface area contributed by atoms with Gasteiger partial charge in [-0.1, -0.05) is 29.8 Å². The maximum absolute atomic E-state index is 13.0. The number of ether oxygens (including phenoxy) is 2. The van der Waals surface area contributed by atoms with Crippen LogP contribution in [0.2, 0.25) is 0 Å². The van der Waals surface area contributed by atoms with E-state index in [0.29, 0.717) is 36.8 Å². The first kappa shape index (κ1) is 23.5. The van der Waals surface area contributed by atoms with E-state index in [1.54, 1.807) is 4.57 Å². The van der Waals surface area contributed by atoms with Crippen molar-refractivity contribution in [3.63, 3.8) is 0 Å². The van der Waals surface area contributed by atoms with E-state index in [9.17, 15) is 9.59 Å². The first-order chi connectivity index (χ1) is 15.9. The molecule has 1 aromatic heterocycles. The van der Waals surface area contributed by atoms with Crippen LogP contribution in [0.5, 0.6) is 5.75 Å². The fourth-order valence-electron chi connectivity index (χ4n) is 5.07. The molecule has 1 fully saturated rings. The number of rotatable bonds is 6. The van der Waals surface area contributed by atoms with Gasteiger partial charge in [-0.25, -0.2) is 4.79 Å². The standard InChI is InChI=1S/C26H35N3O4/c1-19-6-4-7-20(14-19)17-28-11-9-22-25(26(31)32-3)23(15-24(30)29(22)13-12-28)33-18-21-8-5-10-27(2)16-21/h4,6-7,14-15,21H,5,8-13,16-18H2,1-3H3. The van der Waals surface area contributed by atoms with Gasteiger partial charge in [0.2, 0.25) is 0 Å². The smallest absolute Gasteiger partial charge is 0.343 e. The highest BCUT2D eigenvalue weighted by Gasteiger charge is 2.27. The van der Waals surface area contributed by atoms with Gasteiger partial charge in [0.05, 0.1) is 13.7 Å². The van der Waals surface area contributed by atoms with Gasteiger partial charge in [-0.3, -0.25) is 9.69 Å². The van der Waals surface area contributed by atoms with Crippen LogP contribution in [0, 0.1) is 12.8 Å². The monoisotopic (exact) mass is 453 g/mol. The molecule has 1 saturated heterocycles. The van der Waals surface area contributed by atoms with Crippen LogP contribution in [0.3, 0.4) is 0 Å². The Balaban J connectivity index is 1.56. The molecule has 0 amide bonds. The summed E-state index contributed by atoms with van der Waals surface area (Å²) in [4.78, 5) is 30.5. The fourth-order valence-corrected chi connectivity index (χ4v) is 5.07. The van der Waals surface area contributed by atoms with Crippen LogP contribution in [-0.2, 0) is 24.2 Å². The number of carbonyl (C=O) groups excluding carboxylic acids is 1. The van der Waals surface area contributed by atoms with Gasteiger partial charge in [-0.15, -0.1) is 0 Å². The average Bonchev–Trinajstić information content (AvgIpc) is 3.00. The number of nitrogens with zero attached hydrogens (tertiary/aromatic N) is 3. The van der Waals surface area contributed by atoms with Crippen LogP contribution in [0.15, 0.2) is 35.1 Å². The lowest BCUT2D eigenvalue weighted by molar-refractivity contribution is 0.0590. The Morgan fingerprint density at radius 3 is 2.76 bits per heavy atom. The minimum absolute atomic E-state index is 0.120. The predicted molar refractivity (Wildman–Crippen MR) is 128 cm³/mol. The summed E-state index contributed by atoms with van der Waals surface area (Å²) in [6, 6.07) is 9.96. The Morgan fingerprint density at radius 2 is 2.00 bits per heavy atom. The SMILES string of the molecule is COC(=O)c1c(OCC2CCCN(C)C2)cc(=O)n2c1CCN(Cc1cccc(C)c1)CC2. The largest absolute Gasteiger partial charge is 0.492 e. The van der Waals surface area contributed by atoms with Crippen LogP contribution >= 0.6 is 0 Å². The Morgan fingerprint density at radius 1 is 1.15 bits per heavy atom. The average molecular weight is 454 g/mol. The van der Waals surface area contributed by atoms with E-state index in [-0.39, 0.29) is 5.56 Å².